The summed E-state index contributed by atoms with van der Waals surface area (Å²) in [5.74, 6) is 1.47. The normalized spacial score (nSPS) is 16.4. The molecule has 0 aromatic carbocycles. The van der Waals surface area contributed by atoms with E-state index in [1.165, 1.54) is 0 Å². The van der Waals surface area contributed by atoms with Gasteiger partial charge >= 0.3 is 0 Å². The molecule has 0 bridgehead atoms. The molecule has 1 aromatic heterocycles. The quantitative estimate of drug-likeness (QED) is 0.856. The van der Waals surface area contributed by atoms with Gasteiger partial charge < -0.3 is 4.57 Å². The predicted molar refractivity (Wildman–Crippen MR) is 77.9 cm³/mol. The summed E-state index contributed by atoms with van der Waals surface area (Å²) in [6.07, 6.45) is 4.61. The number of aromatic nitrogens is 2. The minimum Gasteiger partial charge on any atom is -0.332 e. The molecule has 1 N–H and O–H groups in total. The summed E-state index contributed by atoms with van der Waals surface area (Å²) < 4.78 is 2.18. The minimum atomic E-state index is -0.508. The lowest BCUT2D eigenvalue weighted by molar-refractivity contribution is 0.322. The Balaban J connectivity index is 2.86. The van der Waals surface area contributed by atoms with Gasteiger partial charge in [-0.05, 0) is 34.1 Å². The summed E-state index contributed by atoms with van der Waals surface area (Å²) in [6, 6.07) is 2.95. The van der Waals surface area contributed by atoms with Crippen molar-refractivity contribution in [2.75, 3.05) is 0 Å². The minimum absolute atomic E-state index is 0.246. The summed E-state index contributed by atoms with van der Waals surface area (Å²) >= 11 is 0. The first-order valence-electron chi connectivity index (χ1n) is 7.00. The van der Waals surface area contributed by atoms with Crippen LogP contribution in [0.15, 0.2) is 12.4 Å². The average Bonchev–Trinajstić information content (AvgIpc) is 2.76. The van der Waals surface area contributed by atoms with Gasteiger partial charge in [0.15, 0.2) is 0 Å². The third kappa shape index (κ3) is 4.07. The molecule has 0 aliphatic rings. The zero-order valence-corrected chi connectivity index (χ0v) is 12.9. The van der Waals surface area contributed by atoms with E-state index in [2.05, 4.69) is 55.6 Å². The SMILES string of the molecule is CC(C)NC(C)(C#N)CC(C)n1ccnc1C(C)C. The molecule has 0 fully saturated rings. The Kier molecular flexibility index (Phi) is 5.13. The van der Waals surface area contributed by atoms with Gasteiger partial charge in [-0.25, -0.2) is 4.98 Å². The number of nitrogens with one attached hydrogen (secondary N) is 1. The maximum absolute atomic E-state index is 9.42. The van der Waals surface area contributed by atoms with E-state index in [-0.39, 0.29) is 6.04 Å². The highest BCUT2D eigenvalue weighted by molar-refractivity contribution is 5.08. The van der Waals surface area contributed by atoms with Crippen molar-refractivity contribution in [3.63, 3.8) is 0 Å². The van der Waals surface area contributed by atoms with Crippen LogP contribution in [0.25, 0.3) is 0 Å². The highest BCUT2D eigenvalue weighted by Crippen LogP contribution is 2.24. The lowest BCUT2D eigenvalue weighted by atomic mass is 9.94. The second kappa shape index (κ2) is 6.21. The van der Waals surface area contributed by atoms with Crippen LogP contribution < -0.4 is 5.32 Å². The number of hydrogen-bond acceptors (Lipinski definition) is 3. The molecule has 0 saturated carbocycles. The van der Waals surface area contributed by atoms with Crippen molar-refractivity contribution in [2.24, 2.45) is 0 Å². The molecule has 2 unspecified atom stereocenters. The molecule has 0 radical (unpaired) electrons. The van der Waals surface area contributed by atoms with E-state index in [0.29, 0.717) is 12.0 Å². The van der Waals surface area contributed by atoms with Crippen molar-refractivity contribution in [3.05, 3.63) is 18.2 Å². The predicted octanol–water partition coefficient (Wildman–Crippen LogP) is 3.24. The first-order valence-corrected chi connectivity index (χ1v) is 7.00. The summed E-state index contributed by atoms with van der Waals surface area (Å²) in [6.45, 7) is 12.5. The Labute approximate surface area is 116 Å². The number of hydrogen-bond donors (Lipinski definition) is 1. The van der Waals surface area contributed by atoms with E-state index in [9.17, 15) is 5.26 Å². The molecule has 19 heavy (non-hydrogen) atoms. The molecule has 0 spiro atoms. The van der Waals surface area contributed by atoms with Crippen molar-refractivity contribution in [1.29, 1.82) is 5.26 Å². The van der Waals surface area contributed by atoms with Gasteiger partial charge in [0.1, 0.15) is 11.4 Å². The molecule has 1 rings (SSSR count). The van der Waals surface area contributed by atoms with Crippen LogP contribution in [0.5, 0.6) is 0 Å². The first-order chi connectivity index (χ1) is 8.79. The number of nitriles is 1. The summed E-state index contributed by atoms with van der Waals surface area (Å²) in [5, 5.41) is 12.8. The van der Waals surface area contributed by atoms with Crippen LogP contribution in [0.2, 0.25) is 0 Å². The zero-order chi connectivity index (χ0) is 14.6. The highest BCUT2D eigenvalue weighted by Gasteiger charge is 2.28. The second-order valence-electron chi connectivity index (χ2n) is 6.14. The largest absolute Gasteiger partial charge is 0.332 e. The van der Waals surface area contributed by atoms with Crippen LogP contribution in [0.4, 0.5) is 0 Å². The summed E-state index contributed by atoms with van der Waals surface area (Å²) in [5.41, 5.74) is -0.508. The number of nitrogens with zero attached hydrogens (tertiary/aromatic N) is 3. The molecule has 0 saturated heterocycles. The van der Waals surface area contributed by atoms with Crippen LogP contribution in [-0.4, -0.2) is 21.1 Å². The molecular weight excluding hydrogens is 236 g/mol. The fraction of sp³-hybridized carbons (Fsp3) is 0.733. The molecule has 2 atom stereocenters. The lowest BCUT2D eigenvalue weighted by Crippen LogP contribution is -2.46. The van der Waals surface area contributed by atoms with Gasteiger partial charge in [0.2, 0.25) is 0 Å². The standard InChI is InChI=1S/C15H26N4/c1-11(2)14-17-7-8-19(14)13(5)9-15(6,10-16)18-12(3)4/h7-8,11-13,18H,9H2,1-6H3. The Morgan fingerprint density at radius 3 is 2.47 bits per heavy atom. The van der Waals surface area contributed by atoms with Gasteiger partial charge in [-0.15, -0.1) is 0 Å². The Bertz CT molecular complexity index is 441. The molecule has 0 aliphatic heterocycles. The van der Waals surface area contributed by atoms with Gasteiger partial charge in [-0.3, -0.25) is 5.32 Å². The van der Waals surface area contributed by atoms with E-state index in [1.54, 1.807) is 0 Å². The van der Waals surface area contributed by atoms with Gasteiger partial charge in [-0.1, -0.05) is 13.8 Å². The first kappa shape index (κ1) is 15.7. The van der Waals surface area contributed by atoms with Gasteiger partial charge in [-0.2, -0.15) is 5.26 Å². The van der Waals surface area contributed by atoms with Crippen LogP contribution in [0, 0.1) is 11.3 Å². The Morgan fingerprint density at radius 1 is 1.37 bits per heavy atom. The molecule has 0 amide bonds. The maximum atomic E-state index is 9.42. The average molecular weight is 262 g/mol. The van der Waals surface area contributed by atoms with Crippen LogP contribution in [0.3, 0.4) is 0 Å². The Hall–Kier alpha value is -1.34. The Morgan fingerprint density at radius 2 is 2.00 bits per heavy atom. The number of imidazole rings is 1. The molecule has 4 nitrogen and oxygen atoms in total. The van der Waals surface area contributed by atoms with E-state index < -0.39 is 5.54 Å². The third-order valence-electron chi connectivity index (χ3n) is 3.25. The van der Waals surface area contributed by atoms with Crippen LogP contribution in [0.1, 0.15) is 65.7 Å². The van der Waals surface area contributed by atoms with Gasteiger partial charge in [0.05, 0.1) is 6.07 Å². The van der Waals surface area contributed by atoms with E-state index in [0.717, 1.165) is 12.2 Å². The molecule has 0 aliphatic carbocycles. The van der Waals surface area contributed by atoms with Crippen molar-refractivity contribution in [1.82, 2.24) is 14.9 Å². The smallest absolute Gasteiger partial charge is 0.111 e. The van der Waals surface area contributed by atoms with Gasteiger partial charge in [0, 0.05) is 30.4 Å². The molecule has 1 heterocycles. The molecule has 1 aromatic rings. The van der Waals surface area contributed by atoms with Crippen molar-refractivity contribution < 1.29 is 0 Å². The van der Waals surface area contributed by atoms with Crippen LogP contribution in [-0.2, 0) is 0 Å². The fourth-order valence-corrected chi connectivity index (χ4v) is 2.61. The zero-order valence-electron chi connectivity index (χ0n) is 12.9. The maximum Gasteiger partial charge on any atom is 0.111 e. The van der Waals surface area contributed by atoms with Gasteiger partial charge in [0.25, 0.3) is 0 Å². The third-order valence-corrected chi connectivity index (χ3v) is 3.25. The van der Waals surface area contributed by atoms with Crippen LogP contribution >= 0.6 is 0 Å². The van der Waals surface area contributed by atoms with Crippen molar-refractivity contribution >= 4 is 0 Å². The lowest BCUT2D eigenvalue weighted by Gasteiger charge is -2.30. The summed E-state index contributed by atoms with van der Waals surface area (Å²) in [4.78, 5) is 4.41. The summed E-state index contributed by atoms with van der Waals surface area (Å²) in [7, 11) is 0. The monoisotopic (exact) mass is 262 g/mol. The topological polar surface area (TPSA) is 53.6 Å². The number of rotatable bonds is 6. The molecule has 106 valence electrons. The fourth-order valence-electron chi connectivity index (χ4n) is 2.61. The van der Waals surface area contributed by atoms with E-state index >= 15 is 0 Å². The second-order valence-corrected chi connectivity index (χ2v) is 6.14. The molecule has 4 heteroatoms. The van der Waals surface area contributed by atoms with E-state index in [4.69, 9.17) is 0 Å². The highest BCUT2D eigenvalue weighted by atomic mass is 15.1. The van der Waals surface area contributed by atoms with Crippen molar-refractivity contribution in [3.8, 4) is 6.07 Å². The molecular formula is C15H26N4. The van der Waals surface area contributed by atoms with E-state index in [1.807, 2.05) is 19.3 Å². The van der Waals surface area contributed by atoms with Crippen molar-refractivity contribution in [2.45, 2.75) is 71.5 Å².